The van der Waals surface area contributed by atoms with Crippen molar-refractivity contribution in [3.8, 4) is 0 Å². The van der Waals surface area contributed by atoms with E-state index in [0.717, 1.165) is 0 Å². The van der Waals surface area contributed by atoms with Gasteiger partial charge in [0.25, 0.3) is 10.9 Å². The fraction of sp³-hybridized carbons (Fsp3) is 0.636. The second-order valence-electron chi connectivity index (χ2n) is 4.50. The van der Waals surface area contributed by atoms with Crippen LogP contribution in [0.5, 0.6) is 0 Å². The fourth-order valence-corrected chi connectivity index (χ4v) is 3.14. The summed E-state index contributed by atoms with van der Waals surface area (Å²) in [5.74, 6) is 0. The molecular weight excluding hydrogens is 192 g/mol. The molecule has 0 amide bonds. The van der Waals surface area contributed by atoms with Crippen LogP contribution in [-0.4, -0.2) is 19.1 Å². The van der Waals surface area contributed by atoms with Gasteiger partial charge in [0, 0.05) is 19.1 Å². The highest BCUT2D eigenvalue weighted by atomic mass is 16.2. The summed E-state index contributed by atoms with van der Waals surface area (Å²) in [6.07, 6.45) is 4.69. The van der Waals surface area contributed by atoms with E-state index in [1.165, 1.54) is 25.7 Å². The number of nitrogens with zero attached hydrogens (tertiary/aromatic N) is 1. The first kappa shape index (κ1) is 8.95. The molecule has 2 aliphatic rings. The van der Waals surface area contributed by atoms with Gasteiger partial charge in [0.15, 0.2) is 0 Å². The maximum atomic E-state index is 11.5. The average Bonchev–Trinajstić information content (AvgIpc) is 2.83. The van der Waals surface area contributed by atoms with Crippen molar-refractivity contribution in [3.63, 3.8) is 0 Å². The van der Waals surface area contributed by atoms with Crippen molar-refractivity contribution in [2.75, 3.05) is 17.3 Å². The first-order chi connectivity index (χ1) is 7.24. The molecule has 2 heterocycles. The third-order valence-corrected chi connectivity index (χ3v) is 3.85. The van der Waals surface area contributed by atoms with Crippen molar-refractivity contribution in [2.24, 2.45) is 0 Å². The molecule has 3 rings (SSSR count). The number of fused-ring (bicyclic) bond motifs is 2. The van der Waals surface area contributed by atoms with Gasteiger partial charge in [0.2, 0.25) is 0 Å². The third-order valence-electron chi connectivity index (χ3n) is 3.85. The van der Waals surface area contributed by atoms with E-state index in [-0.39, 0.29) is 10.9 Å². The predicted octanol–water partition coefficient (Wildman–Crippen LogP) is 0.455. The van der Waals surface area contributed by atoms with Crippen LogP contribution >= 0.6 is 0 Å². The van der Waals surface area contributed by atoms with Crippen molar-refractivity contribution >= 4 is 11.4 Å². The minimum atomic E-state index is -0.348. The minimum Gasteiger partial charge on any atom is -0.383 e. The molecule has 0 atom stereocenters. The molecular formula is C11H14N2O2. The van der Waals surface area contributed by atoms with Gasteiger partial charge >= 0.3 is 0 Å². The van der Waals surface area contributed by atoms with Crippen LogP contribution in [0.3, 0.4) is 0 Å². The van der Waals surface area contributed by atoms with Crippen LogP contribution in [-0.2, 0) is 0 Å². The van der Waals surface area contributed by atoms with Crippen molar-refractivity contribution in [1.29, 1.82) is 0 Å². The maximum absolute atomic E-state index is 11.5. The predicted molar refractivity (Wildman–Crippen MR) is 59.4 cm³/mol. The Morgan fingerprint density at radius 3 is 2.07 bits per heavy atom. The molecule has 4 heteroatoms. The molecule has 0 aromatic heterocycles. The molecule has 1 aromatic carbocycles. The zero-order valence-electron chi connectivity index (χ0n) is 8.75. The Labute approximate surface area is 87.6 Å². The second-order valence-corrected chi connectivity index (χ2v) is 4.50. The smallest absolute Gasteiger partial charge is 0.253 e. The molecule has 80 valence electrons. The largest absolute Gasteiger partial charge is 0.383 e. The molecule has 0 unspecified atom stereocenters. The zero-order chi connectivity index (χ0) is 10.6. The number of hydrogen-bond donors (Lipinski definition) is 1. The van der Waals surface area contributed by atoms with E-state index < -0.39 is 0 Å². The van der Waals surface area contributed by atoms with Crippen LogP contribution in [0.4, 0.5) is 11.4 Å². The van der Waals surface area contributed by atoms with Crippen molar-refractivity contribution < 1.29 is 0 Å². The normalized spacial score (nSPS) is 29.0. The fourth-order valence-electron chi connectivity index (χ4n) is 3.14. The van der Waals surface area contributed by atoms with Crippen LogP contribution in [0, 0.1) is 0 Å². The Balaban J connectivity index is 2.04. The van der Waals surface area contributed by atoms with E-state index in [1.807, 2.05) is 0 Å². The molecule has 2 fully saturated rings. The molecule has 0 aliphatic carbocycles. The topological polar surface area (TPSA) is 49.4 Å². The standard InChI is InChI=1S/C11H14N2O2/c1-12-8-9(11(15)10(8)14)13-6-2-3-7(13)5-4-6/h6-7,12H,2-5H2,1H3. The quantitative estimate of drug-likeness (QED) is 0.714. The second kappa shape index (κ2) is 2.84. The molecule has 2 aliphatic heterocycles. The van der Waals surface area contributed by atoms with Crippen LogP contribution in [0.2, 0.25) is 0 Å². The van der Waals surface area contributed by atoms with Gasteiger partial charge in [-0.3, -0.25) is 9.59 Å². The Morgan fingerprint density at radius 1 is 1.07 bits per heavy atom. The average molecular weight is 206 g/mol. The zero-order valence-corrected chi connectivity index (χ0v) is 8.75. The SMILES string of the molecule is CNc1c(N2C3CCC2CC3)c(=O)c1=O. The van der Waals surface area contributed by atoms with Crippen molar-refractivity contribution in [2.45, 2.75) is 37.8 Å². The summed E-state index contributed by atoms with van der Waals surface area (Å²) in [6.45, 7) is 0. The van der Waals surface area contributed by atoms with Crippen LogP contribution in [0.25, 0.3) is 0 Å². The van der Waals surface area contributed by atoms with Crippen LogP contribution in [0.1, 0.15) is 25.7 Å². The minimum absolute atomic E-state index is 0.293. The summed E-state index contributed by atoms with van der Waals surface area (Å²) < 4.78 is 0. The van der Waals surface area contributed by atoms with E-state index in [4.69, 9.17) is 0 Å². The van der Waals surface area contributed by atoms with Gasteiger partial charge in [-0.1, -0.05) is 0 Å². The van der Waals surface area contributed by atoms with Gasteiger partial charge in [-0.25, -0.2) is 0 Å². The number of rotatable bonds is 2. The lowest BCUT2D eigenvalue weighted by atomic mass is 10.0. The van der Waals surface area contributed by atoms with Gasteiger partial charge < -0.3 is 10.2 Å². The van der Waals surface area contributed by atoms with Gasteiger partial charge in [0.05, 0.1) is 0 Å². The summed E-state index contributed by atoms with van der Waals surface area (Å²) in [4.78, 5) is 25.0. The first-order valence-corrected chi connectivity index (χ1v) is 5.53. The van der Waals surface area contributed by atoms with Gasteiger partial charge in [-0.2, -0.15) is 0 Å². The molecule has 0 saturated carbocycles. The number of anilines is 2. The van der Waals surface area contributed by atoms with Gasteiger partial charge in [0.1, 0.15) is 11.4 Å². The lowest BCUT2D eigenvalue weighted by molar-refractivity contribution is 0.576. The van der Waals surface area contributed by atoms with E-state index in [2.05, 4.69) is 10.2 Å². The van der Waals surface area contributed by atoms with E-state index in [1.54, 1.807) is 7.05 Å². The van der Waals surface area contributed by atoms with Crippen LogP contribution in [0.15, 0.2) is 9.59 Å². The van der Waals surface area contributed by atoms with Crippen LogP contribution < -0.4 is 21.1 Å². The Bertz CT molecular complexity index is 453. The molecule has 1 N–H and O–H groups in total. The van der Waals surface area contributed by atoms with Gasteiger partial charge in [-0.15, -0.1) is 0 Å². The van der Waals surface area contributed by atoms with E-state index in [9.17, 15) is 9.59 Å². The number of hydrogen-bond acceptors (Lipinski definition) is 4. The van der Waals surface area contributed by atoms with Gasteiger partial charge in [-0.05, 0) is 25.7 Å². The highest BCUT2D eigenvalue weighted by molar-refractivity contribution is 5.76. The summed E-state index contributed by atoms with van der Waals surface area (Å²) >= 11 is 0. The van der Waals surface area contributed by atoms with Crippen molar-refractivity contribution in [1.82, 2.24) is 0 Å². The summed E-state index contributed by atoms with van der Waals surface area (Å²) in [6, 6.07) is 1.01. The molecule has 15 heavy (non-hydrogen) atoms. The highest BCUT2D eigenvalue weighted by Gasteiger charge is 2.43. The molecule has 0 spiro atoms. The lowest BCUT2D eigenvalue weighted by Crippen LogP contribution is -2.44. The monoisotopic (exact) mass is 206 g/mol. The third kappa shape index (κ3) is 0.967. The Kier molecular flexibility index (Phi) is 1.69. The van der Waals surface area contributed by atoms with E-state index in [0.29, 0.717) is 23.5 Å². The molecule has 0 radical (unpaired) electrons. The first-order valence-electron chi connectivity index (χ1n) is 5.53. The van der Waals surface area contributed by atoms with Crippen molar-refractivity contribution in [3.05, 3.63) is 20.4 Å². The Hall–Kier alpha value is -1.32. The van der Waals surface area contributed by atoms with E-state index >= 15 is 0 Å². The highest BCUT2D eigenvalue weighted by Crippen LogP contribution is 2.41. The maximum Gasteiger partial charge on any atom is 0.253 e. The molecule has 1 aromatic rings. The molecule has 4 nitrogen and oxygen atoms in total. The summed E-state index contributed by atoms with van der Waals surface area (Å²) in [5.41, 5.74) is 0.545. The summed E-state index contributed by atoms with van der Waals surface area (Å²) in [7, 11) is 1.71. The number of nitrogens with one attached hydrogen (secondary N) is 1. The molecule has 2 saturated heterocycles. The Morgan fingerprint density at radius 2 is 1.60 bits per heavy atom. The molecule has 2 bridgehead atoms. The summed E-state index contributed by atoms with van der Waals surface area (Å²) in [5, 5.41) is 2.85. The lowest BCUT2D eigenvalue weighted by Gasteiger charge is -2.27.